The largest absolute Gasteiger partial charge is 0.331 e. The Kier molecular flexibility index (Phi) is 8.53. The molecule has 0 saturated carbocycles. The van der Waals surface area contributed by atoms with E-state index in [0.717, 1.165) is 12.8 Å². The summed E-state index contributed by atoms with van der Waals surface area (Å²) in [6.45, 7) is 4.64. The monoisotopic (exact) mass is 337 g/mol. The van der Waals surface area contributed by atoms with E-state index in [0.29, 0.717) is 31.8 Å². The first-order valence-electron chi connectivity index (χ1n) is 8.11. The number of rotatable bonds is 7. The van der Waals surface area contributed by atoms with Gasteiger partial charge in [0.15, 0.2) is 0 Å². The molecule has 1 rings (SSSR count). The highest BCUT2D eigenvalue weighted by Gasteiger charge is 2.25. The van der Waals surface area contributed by atoms with Crippen LogP contribution >= 0.6 is 0 Å². The number of amides is 3. The topological polar surface area (TPSA) is 94.1 Å². The van der Waals surface area contributed by atoms with Gasteiger partial charge < -0.3 is 15.5 Å². The molecule has 0 atom stereocenters. The summed E-state index contributed by atoms with van der Waals surface area (Å²) in [4.78, 5) is 35.2. The van der Waals surface area contributed by atoms with Crippen LogP contribution in [-0.2, 0) is 9.59 Å². The van der Waals surface area contributed by atoms with Gasteiger partial charge in [0.05, 0.1) is 12.6 Å². The number of amidine groups is 1. The summed E-state index contributed by atoms with van der Waals surface area (Å²) in [5.74, 6) is 0.524. The minimum Gasteiger partial charge on any atom is -0.331 e. The standard InChI is InChI=1S/C16H27N5O3/c1-4-5-6-15(18-12-22)19-20(3)14-7-9-21(10-8-14)16(24)17-11-13(2)23/h4-5,12,14H,6-11H2,1-3H3,(H,17,24)(H,18,19,22)/b5-4-. The van der Waals surface area contributed by atoms with Gasteiger partial charge in [0, 0.05) is 26.6 Å². The third-order valence-corrected chi connectivity index (χ3v) is 3.82. The molecule has 0 bridgehead atoms. The maximum Gasteiger partial charge on any atom is 0.317 e. The van der Waals surface area contributed by atoms with Crippen molar-refractivity contribution < 1.29 is 14.4 Å². The van der Waals surface area contributed by atoms with Gasteiger partial charge in [0.1, 0.15) is 11.6 Å². The van der Waals surface area contributed by atoms with Crippen molar-refractivity contribution in [3.05, 3.63) is 12.2 Å². The van der Waals surface area contributed by atoms with Crippen molar-refractivity contribution in [3.63, 3.8) is 0 Å². The molecule has 8 nitrogen and oxygen atoms in total. The lowest BCUT2D eigenvalue weighted by molar-refractivity contribution is -0.116. The predicted octanol–water partition coefficient (Wildman–Crippen LogP) is 0.707. The van der Waals surface area contributed by atoms with Crippen LogP contribution in [0.15, 0.2) is 17.3 Å². The Morgan fingerprint density at radius 2 is 2.00 bits per heavy atom. The molecule has 1 aliphatic rings. The highest BCUT2D eigenvalue weighted by Crippen LogP contribution is 2.16. The van der Waals surface area contributed by atoms with E-state index < -0.39 is 0 Å². The summed E-state index contributed by atoms with van der Waals surface area (Å²) in [5.41, 5.74) is 0. The molecule has 2 N–H and O–H groups in total. The molecular weight excluding hydrogens is 310 g/mol. The number of nitrogens with zero attached hydrogens (tertiary/aromatic N) is 3. The van der Waals surface area contributed by atoms with Crippen LogP contribution in [0.1, 0.15) is 33.1 Å². The number of urea groups is 1. The lowest BCUT2D eigenvalue weighted by Crippen LogP contribution is -2.49. The summed E-state index contributed by atoms with van der Waals surface area (Å²) >= 11 is 0. The van der Waals surface area contributed by atoms with Crippen LogP contribution < -0.4 is 10.6 Å². The first-order chi connectivity index (χ1) is 11.5. The van der Waals surface area contributed by atoms with Gasteiger partial charge in [-0.25, -0.2) is 4.79 Å². The number of nitrogens with one attached hydrogen (secondary N) is 2. The fourth-order valence-corrected chi connectivity index (χ4v) is 2.45. The van der Waals surface area contributed by atoms with Gasteiger partial charge in [0.25, 0.3) is 0 Å². The van der Waals surface area contributed by atoms with Crippen LogP contribution in [0.25, 0.3) is 0 Å². The smallest absolute Gasteiger partial charge is 0.317 e. The van der Waals surface area contributed by atoms with E-state index in [1.54, 1.807) is 4.90 Å². The normalized spacial score (nSPS) is 16.1. The zero-order chi connectivity index (χ0) is 17.9. The predicted molar refractivity (Wildman–Crippen MR) is 92.5 cm³/mol. The Hall–Kier alpha value is -2.38. The molecule has 1 heterocycles. The highest BCUT2D eigenvalue weighted by molar-refractivity contribution is 5.91. The van der Waals surface area contributed by atoms with E-state index in [4.69, 9.17) is 0 Å². The average molecular weight is 337 g/mol. The molecule has 0 aromatic carbocycles. The van der Waals surface area contributed by atoms with Gasteiger partial charge in [0.2, 0.25) is 6.41 Å². The second-order valence-electron chi connectivity index (χ2n) is 5.73. The van der Waals surface area contributed by atoms with E-state index >= 15 is 0 Å². The number of hydrogen-bond donors (Lipinski definition) is 2. The fourth-order valence-electron chi connectivity index (χ4n) is 2.45. The third kappa shape index (κ3) is 6.80. The Morgan fingerprint density at radius 1 is 1.33 bits per heavy atom. The third-order valence-electron chi connectivity index (χ3n) is 3.82. The molecule has 1 aliphatic heterocycles. The zero-order valence-electron chi connectivity index (χ0n) is 14.6. The number of piperidine rings is 1. The summed E-state index contributed by atoms with van der Waals surface area (Å²) in [6.07, 6.45) is 6.58. The number of carbonyl (C=O) groups excluding carboxylic acids is 3. The first kappa shape index (κ1) is 19.7. The van der Waals surface area contributed by atoms with Crippen LogP contribution in [0.5, 0.6) is 0 Å². The van der Waals surface area contributed by atoms with Crippen LogP contribution in [0.2, 0.25) is 0 Å². The summed E-state index contributed by atoms with van der Waals surface area (Å²) < 4.78 is 0. The molecule has 0 aromatic heterocycles. The maximum atomic E-state index is 11.9. The number of hydrazone groups is 1. The second-order valence-corrected chi connectivity index (χ2v) is 5.73. The first-order valence-corrected chi connectivity index (χ1v) is 8.11. The summed E-state index contributed by atoms with van der Waals surface area (Å²) in [6, 6.07) is 0.00196. The Balaban J connectivity index is 2.51. The van der Waals surface area contributed by atoms with Crippen molar-refractivity contribution in [2.45, 2.75) is 39.2 Å². The van der Waals surface area contributed by atoms with Crippen LogP contribution in [0.3, 0.4) is 0 Å². The van der Waals surface area contributed by atoms with Crippen LogP contribution in [-0.4, -0.2) is 66.7 Å². The molecule has 134 valence electrons. The molecule has 0 aromatic rings. The molecule has 3 amide bonds. The van der Waals surface area contributed by atoms with Crippen molar-refractivity contribution >= 4 is 24.1 Å². The van der Waals surface area contributed by atoms with E-state index in [1.165, 1.54) is 6.92 Å². The van der Waals surface area contributed by atoms with E-state index in [2.05, 4.69) is 15.7 Å². The zero-order valence-corrected chi connectivity index (χ0v) is 14.6. The lowest BCUT2D eigenvalue weighted by atomic mass is 10.1. The quantitative estimate of drug-likeness (QED) is 0.235. The molecule has 0 radical (unpaired) electrons. The minimum atomic E-state index is -0.203. The van der Waals surface area contributed by atoms with E-state index in [1.807, 2.05) is 31.1 Å². The van der Waals surface area contributed by atoms with E-state index in [9.17, 15) is 14.4 Å². The number of likely N-dealkylation sites (tertiary alicyclic amines) is 1. The number of hydrogen-bond acceptors (Lipinski definition) is 5. The van der Waals surface area contributed by atoms with Gasteiger partial charge in [-0.1, -0.05) is 12.2 Å². The molecule has 8 heteroatoms. The number of ketones is 1. The molecular formula is C16H27N5O3. The van der Waals surface area contributed by atoms with Crippen molar-refractivity contribution in [2.24, 2.45) is 5.10 Å². The molecule has 0 spiro atoms. The number of allylic oxidation sites excluding steroid dienone is 1. The Labute approximate surface area is 142 Å². The van der Waals surface area contributed by atoms with Crippen molar-refractivity contribution in [1.82, 2.24) is 20.5 Å². The lowest BCUT2D eigenvalue weighted by Gasteiger charge is -2.35. The number of Topliss-reactive ketones (excluding diaryl/α,β-unsaturated/α-hetero) is 1. The van der Waals surface area contributed by atoms with Crippen LogP contribution in [0.4, 0.5) is 4.79 Å². The van der Waals surface area contributed by atoms with Crippen molar-refractivity contribution in [2.75, 3.05) is 26.7 Å². The van der Waals surface area contributed by atoms with E-state index in [-0.39, 0.29) is 24.4 Å². The molecule has 0 unspecified atom stereocenters. The molecule has 1 fully saturated rings. The molecule has 1 saturated heterocycles. The van der Waals surface area contributed by atoms with Gasteiger partial charge in [-0.2, -0.15) is 5.10 Å². The molecule has 24 heavy (non-hydrogen) atoms. The van der Waals surface area contributed by atoms with Gasteiger partial charge in [-0.05, 0) is 26.7 Å². The van der Waals surface area contributed by atoms with Gasteiger partial charge in [-0.3, -0.25) is 14.6 Å². The summed E-state index contributed by atoms with van der Waals surface area (Å²) in [7, 11) is 1.87. The number of carbonyl (C=O) groups is 3. The van der Waals surface area contributed by atoms with Gasteiger partial charge >= 0.3 is 6.03 Å². The summed E-state index contributed by atoms with van der Waals surface area (Å²) in [5, 5.41) is 11.5. The van der Waals surface area contributed by atoms with Crippen molar-refractivity contribution in [1.29, 1.82) is 0 Å². The fraction of sp³-hybridized carbons (Fsp3) is 0.625. The van der Waals surface area contributed by atoms with Crippen LogP contribution in [0, 0.1) is 0 Å². The highest BCUT2D eigenvalue weighted by atomic mass is 16.2. The molecule has 0 aliphatic carbocycles. The average Bonchev–Trinajstić information content (AvgIpc) is 2.57. The second kappa shape index (κ2) is 10.4. The van der Waals surface area contributed by atoms with Crippen molar-refractivity contribution in [3.8, 4) is 0 Å². The Morgan fingerprint density at radius 3 is 2.54 bits per heavy atom. The minimum absolute atomic E-state index is 0.0641. The SMILES string of the molecule is C/C=C\C/C(=N/N(C)C1CCN(C(=O)NCC(C)=O)CC1)NC=O. The Bertz CT molecular complexity index is 496. The van der Waals surface area contributed by atoms with Gasteiger partial charge in [-0.15, -0.1) is 0 Å². The maximum absolute atomic E-state index is 11.9.